The van der Waals surface area contributed by atoms with Gasteiger partial charge in [0, 0.05) is 10.6 Å². The number of rotatable bonds is 3. The van der Waals surface area contributed by atoms with Crippen molar-refractivity contribution in [3.63, 3.8) is 0 Å². The van der Waals surface area contributed by atoms with Gasteiger partial charge in [0.25, 0.3) is 0 Å². The largest absolute Gasteiger partial charge is 0.387 e. The highest BCUT2D eigenvalue weighted by atomic mass is 35.5. The molecule has 0 saturated heterocycles. The molecule has 0 fully saturated rings. The monoisotopic (exact) mass is 235 g/mol. The van der Waals surface area contributed by atoms with E-state index in [1.54, 1.807) is 24.3 Å². The predicted molar refractivity (Wildman–Crippen MR) is 54.4 cm³/mol. The first-order valence-electron chi connectivity index (χ1n) is 3.83. The summed E-state index contributed by atoms with van der Waals surface area (Å²) >= 11 is 5.75. The van der Waals surface area contributed by atoms with Gasteiger partial charge < -0.3 is 5.11 Å². The zero-order valence-corrected chi connectivity index (χ0v) is 8.79. The van der Waals surface area contributed by atoms with Crippen LogP contribution in [-0.2, 0) is 10.0 Å². The van der Waals surface area contributed by atoms with E-state index in [0.717, 1.165) is 0 Å². The third-order valence-corrected chi connectivity index (χ3v) is 2.78. The molecule has 0 aliphatic carbocycles. The molecule has 6 heteroatoms. The first-order chi connectivity index (χ1) is 6.40. The molecule has 0 saturated carbocycles. The normalized spacial score (nSPS) is 13.9. The summed E-state index contributed by atoms with van der Waals surface area (Å²) in [4.78, 5) is 0. The molecule has 14 heavy (non-hydrogen) atoms. The summed E-state index contributed by atoms with van der Waals surface area (Å²) < 4.78 is 21.4. The van der Waals surface area contributed by atoms with Crippen molar-refractivity contribution < 1.29 is 13.5 Å². The van der Waals surface area contributed by atoms with Crippen LogP contribution in [0.2, 0.25) is 5.02 Å². The molecule has 1 aromatic carbocycles. The van der Waals surface area contributed by atoms with Crippen molar-refractivity contribution in [2.75, 3.05) is 5.75 Å². The van der Waals surface area contributed by atoms with Gasteiger partial charge in [0.1, 0.15) is 0 Å². The Morgan fingerprint density at radius 2 is 2.00 bits per heavy atom. The van der Waals surface area contributed by atoms with Gasteiger partial charge in [-0.05, 0) is 6.07 Å². The van der Waals surface area contributed by atoms with E-state index in [2.05, 4.69) is 0 Å². The first kappa shape index (κ1) is 11.5. The minimum Gasteiger partial charge on any atom is -0.387 e. The molecular weight excluding hydrogens is 226 g/mol. The topological polar surface area (TPSA) is 80.4 Å². The molecule has 0 aliphatic heterocycles. The van der Waals surface area contributed by atoms with Crippen molar-refractivity contribution in [2.24, 2.45) is 5.14 Å². The fourth-order valence-electron chi connectivity index (χ4n) is 1.06. The van der Waals surface area contributed by atoms with E-state index in [4.69, 9.17) is 16.7 Å². The number of hydrogen-bond donors (Lipinski definition) is 2. The van der Waals surface area contributed by atoms with Gasteiger partial charge in [-0.1, -0.05) is 29.8 Å². The molecule has 0 aliphatic rings. The third kappa shape index (κ3) is 3.26. The molecule has 3 N–H and O–H groups in total. The van der Waals surface area contributed by atoms with Gasteiger partial charge in [-0.15, -0.1) is 0 Å². The fourth-order valence-corrected chi connectivity index (χ4v) is 1.94. The van der Waals surface area contributed by atoms with Gasteiger partial charge in [0.15, 0.2) is 0 Å². The summed E-state index contributed by atoms with van der Waals surface area (Å²) in [5.74, 6) is -0.531. The number of sulfonamides is 1. The van der Waals surface area contributed by atoms with E-state index in [1.807, 2.05) is 0 Å². The van der Waals surface area contributed by atoms with Crippen molar-refractivity contribution >= 4 is 21.6 Å². The van der Waals surface area contributed by atoms with Crippen molar-refractivity contribution in [3.8, 4) is 0 Å². The zero-order chi connectivity index (χ0) is 10.8. The highest BCUT2D eigenvalue weighted by Gasteiger charge is 2.16. The predicted octanol–water partition coefficient (Wildman–Crippen LogP) is 0.662. The molecule has 0 unspecified atom stereocenters. The second-order valence-corrected chi connectivity index (χ2v) is 4.93. The fraction of sp³-hybridized carbons (Fsp3) is 0.250. The highest BCUT2D eigenvalue weighted by molar-refractivity contribution is 7.89. The van der Waals surface area contributed by atoms with Crippen LogP contribution < -0.4 is 5.14 Å². The quantitative estimate of drug-likeness (QED) is 0.808. The summed E-state index contributed by atoms with van der Waals surface area (Å²) in [6.07, 6.45) is -1.18. The van der Waals surface area contributed by atoms with Crippen LogP contribution in [0.1, 0.15) is 11.7 Å². The molecule has 0 radical (unpaired) electrons. The Morgan fingerprint density at radius 3 is 2.50 bits per heavy atom. The standard InChI is InChI=1S/C8H10ClNO3S/c9-7-4-2-1-3-6(7)8(11)5-14(10,12)13/h1-4,8,11H,5H2,(H2,10,12,13)/t8-/m1/s1. The maximum atomic E-state index is 10.7. The molecule has 1 aromatic rings. The molecule has 0 aromatic heterocycles. The molecule has 0 spiro atoms. The van der Waals surface area contributed by atoms with Crippen LogP contribution >= 0.6 is 11.6 Å². The molecule has 0 bridgehead atoms. The Hall–Kier alpha value is -0.620. The van der Waals surface area contributed by atoms with Crippen molar-refractivity contribution in [2.45, 2.75) is 6.10 Å². The summed E-state index contributed by atoms with van der Waals surface area (Å²) in [6.45, 7) is 0. The summed E-state index contributed by atoms with van der Waals surface area (Å²) in [7, 11) is -3.70. The first-order valence-corrected chi connectivity index (χ1v) is 5.92. The Labute approximate surface area is 87.4 Å². The van der Waals surface area contributed by atoms with Gasteiger partial charge in [-0.2, -0.15) is 0 Å². The summed E-state index contributed by atoms with van der Waals surface area (Å²) in [5.41, 5.74) is 0.364. The maximum absolute atomic E-state index is 10.7. The van der Waals surface area contributed by atoms with Crippen LogP contribution in [0.15, 0.2) is 24.3 Å². The van der Waals surface area contributed by atoms with Crippen molar-refractivity contribution in [1.82, 2.24) is 0 Å². The molecule has 0 amide bonds. The average Bonchev–Trinajstić information content (AvgIpc) is 2.01. The Morgan fingerprint density at radius 1 is 1.43 bits per heavy atom. The van der Waals surface area contributed by atoms with Crippen molar-refractivity contribution in [3.05, 3.63) is 34.9 Å². The number of halogens is 1. The lowest BCUT2D eigenvalue weighted by atomic mass is 10.1. The lowest BCUT2D eigenvalue weighted by molar-refractivity contribution is 0.202. The minimum atomic E-state index is -3.70. The van der Waals surface area contributed by atoms with Gasteiger partial charge in [-0.25, -0.2) is 13.6 Å². The minimum absolute atomic E-state index is 0.323. The molecular formula is C8H10ClNO3S. The zero-order valence-electron chi connectivity index (χ0n) is 7.22. The van der Waals surface area contributed by atoms with E-state index in [0.29, 0.717) is 10.6 Å². The Kier molecular flexibility index (Phi) is 3.49. The third-order valence-electron chi connectivity index (χ3n) is 1.65. The maximum Gasteiger partial charge on any atom is 0.211 e. The Balaban J connectivity index is 2.90. The number of nitrogens with two attached hydrogens (primary N) is 1. The highest BCUT2D eigenvalue weighted by Crippen LogP contribution is 2.22. The number of primary sulfonamides is 1. The van der Waals surface area contributed by atoms with E-state index >= 15 is 0 Å². The van der Waals surface area contributed by atoms with Gasteiger partial charge >= 0.3 is 0 Å². The van der Waals surface area contributed by atoms with Crippen LogP contribution in [-0.4, -0.2) is 19.3 Å². The molecule has 78 valence electrons. The number of hydrogen-bond acceptors (Lipinski definition) is 3. The van der Waals surface area contributed by atoms with Crippen LogP contribution in [0, 0.1) is 0 Å². The molecule has 0 heterocycles. The van der Waals surface area contributed by atoms with Crippen molar-refractivity contribution in [1.29, 1.82) is 0 Å². The van der Waals surface area contributed by atoms with E-state index in [9.17, 15) is 13.5 Å². The summed E-state index contributed by atoms with van der Waals surface area (Å²) in [5, 5.41) is 14.6. The molecule has 1 rings (SSSR count). The summed E-state index contributed by atoms with van der Waals surface area (Å²) in [6, 6.07) is 6.48. The average molecular weight is 236 g/mol. The van der Waals surface area contributed by atoms with E-state index in [-0.39, 0.29) is 0 Å². The second-order valence-electron chi connectivity index (χ2n) is 2.87. The van der Waals surface area contributed by atoms with Crippen LogP contribution in [0.5, 0.6) is 0 Å². The smallest absolute Gasteiger partial charge is 0.211 e. The van der Waals surface area contributed by atoms with Gasteiger partial charge in [-0.3, -0.25) is 0 Å². The number of aliphatic hydroxyl groups excluding tert-OH is 1. The SMILES string of the molecule is NS(=O)(=O)C[C@@H](O)c1ccccc1Cl. The number of aliphatic hydroxyl groups is 1. The van der Waals surface area contributed by atoms with E-state index in [1.165, 1.54) is 0 Å². The molecule has 4 nitrogen and oxygen atoms in total. The van der Waals surface area contributed by atoms with Gasteiger partial charge in [0.2, 0.25) is 10.0 Å². The van der Waals surface area contributed by atoms with Crippen LogP contribution in [0.25, 0.3) is 0 Å². The second kappa shape index (κ2) is 4.27. The number of benzene rings is 1. The van der Waals surface area contributed by atoms with Crippen LogP contribution in [0.3, 0.4) is 0 Å². The molecule has 1 atom stereocenters. The van der Waals surface area contributed by atoms with E-state index < -0.39 is 21.9 Å². The van der Waals surface area contributed by atoms with Gasteiger partial charge in [0.05, 0.1) is 11.9 Å². The van der Waals surface area contributed by atoms with Crippen LogP contribution in [0.4, 0.5) is 0 Å². The Bertz CT molecular complexity index is 418. The lowest BCUT2D eigenvalue weighted by Crippen LogP contribution is -2.21. The lowest BCUT2D eigenvalue weighted by Gasteiger charge is -2.10.